The molecule has 1 amide bonds. The second-order valence-electron chi connectivity index (χ2n) is 16.5. The number of carbonyl (C=O) groups excluding carboxylic acids is 2. The van der Waals surface area contributed by atoms with Crippen LogP contribution in [0.25, 0.3) is 0 Å². The largest absolute Gasteiger partial charge is 0.462 e. The van der Waals surface area contributed by atoms with Crippen molar-refractivity contribution >= 4 is 11.9 Å². The summed E-state index contributed by atoms with van der Waals surface area (Å²) in [6.07, 6.45) is 55.7. The third-order valence-corrected chi connectivity index (χ3v) is 10.8. The molecule has 6 nitrogen and oxygen atoms in total. The highest BCUT2D eigenvalue weighted by molar-refractivity contribution is 5.77. The number of hydrogen-bond donors (Lipinski definition) is 3. The average Bonchev–Trinajstić information content (AvgIpc) is 3.22. The van der Waals surface area contributed by atoms with Crippen LogP contribution in [0.5, 0.6) is 0 Å². The Morgan fingerprint density at radius 3 is 1.41 bits per heavy atom. The number of aliphatic hydroxyl groups excluding tert-OH is 2. The van der Waals surface area contributed by atoms with Gasteiger partial charge in [-0.25, -0.2) is 0 Å². The van der Waals surface area contributed by atoms with Crippen LogP contribution in [-0.2, 0) is 14.3 Å². The van der Waals surface area contributed by atoms with Crippen molar-refractivity contribution in [3.05, 3.63) is 60.8 Å². The third-order valence-electron chi connectivity index (χ3n) is 10.8. The van der Waals surface area contributed by atoms with Crippen LogP contribution in [0.2, 0.25) is 0 Å². The number of hydrogen-bond acceptors (Lipinski definition) is 5. The molecule has 0 aromatic carbocycles. The van der Waals surface area contributed by atoms with Gasteiger partial charge >= 0.3 is 5.97 Å². The molecule has 0 bridgehead atoms. The van der Waals surface area contributed by atoms with Crippen LogP contribution in [0.15, 0.2) is 60.8 Å². The van der Waals surface area contributed by atoms with Crippen LogP contribution in [0.4, 0.5) is 0 Å². The Morgan fingerprint density at radius 2 is 0.931 bits per heavy atom. The van der Waals surface area contributed by atoms with Crippen molar-refractivity contribution in [1.82, 2.24) is 5.32 Å². The van der Waals surface area contributed by atoms with Gasteiger partial charge in [-0.2, -0.15) is 0 Å². The zero-order chi connectivity index (χ0) is 42.4. The predicted molar refractivity (Wildman–Crippen MR) is 250 cm³/mol. The first-order valence-electron chi connectivity index (χ1n) is 24.5. The van der Waals surface area contributed by atoms with Gasteiger partial charge in [0.05, 0.1) is 25.2 Å². The zero-order valence-electron chi connectivity index (χ0n) is 38.2. The number of amides is 1. The first kappa shape index (κ1) is 55.6. The normalized spacial score (nSPS) is 13.8. The number of aliphatic hydroxyl groups is 2. The number of esters is 1. The van der Waals surface area contributed by atoms with E-state index in [0.717, 1.165) is 83.5 Å². The molecule has 6 heteroatoms. The lowest BCUT2D eigenvalue weighted by molar-refractivity contribution is -0.150. The van der Waals surface area contributed by atoms with E-state index in [1.165, 1.54) is 96.3 Å². The summed E-state index contributed by atoms with van der Waals surface area (Å²) in [5.74, 6) is -0.578. The third kappa shape index (κ3) is 40.3. The summed E-state index contributed by atoms with van der Waals surface area (Å²) in [6, 6.07) is -0.719. The Morgan fingerprint density at radius 1 is 0.517 bits per heavy atom. The van der Waals surface area contributed by atoms with Crippen molar-refractivity contribution in [2.75, 3.05) is 6.61 Å². The van der Waals surface area contributed by atoms with Crippen LogP contribution in [0, 0.1) is 0 Å². The highest BCUT2D eigenvalue weighted by Gasteiger charge is 2.24. The smallest absolute Gasteiger partial charge is 0.306 e. The summed E-state index contributed by atoms with van der Waals surface area (Å²) in [4.78, 5) is 26.0. The lowest BCUT2D eigenvalue weighted by atomic mass is 10.0. The molecule has 0 saturated heterocycles. The molecular weight excluding hydrogens is 719 g/mol. The Kier molecular flexibility index (Phi) is 43.7. The van der Waals surface area contributed by atoms with Crippen molar-refractivity contribution in [3.63, 3.8) is 0 Å². The van der Waals surface area contributed by atoms with E-state index in [0.29, 0.717) is 19.3 Å². The van der Waals surface area contributed by atoms with E-state index in [2.05, 4.69) is 80.8 Å². The summed E-state index contributed by atoms with van der Waals surface area (Å²) in [7, 11) is 0. The molecule has 3 unspecified atom stereocenters. The second kappa shape index (κ2) is 45.6. The van der Waals surface area contributed by atoms with Crippen LogP contribution < -0.4 is 5.32 Å². The Balaban J connectivity index is 4.71. The van der Waals surface area contributed by atoms with Gasteiger partial charge in [0.2, 0.25) is 5.91 Å². The lowest BCUT2D eigenvalue weighted by Gasteiger charge is -2.24. The summed E-state index contributed by atoms with van der Waals surface area (Å²) in [5.41, 5.74) is 0. The van der Waals surface area contributed by atoms with E-state index in [1.807, 2.05) is 6.08 Å². The maximum Gasteiger partial charge on any atom is 0.306 e. The Bertz CT molecular complexity index is 1050. The molecule has 0 aromatic rings. The van der Waals surface area contributed by atoms with E-state index in [1.54, 1.807) is 0 Å². The van der Waals surface area contributed by atoms with Crippen LogP contribution in [0.3, 0.4) is 0 Å². The average molecular weight is 812 g/mol. The maximum absolute atomic E-state index is 13.2. The molecule has 3 atom stereocenters. The van der Waals surface area contributed by atoms with E-state index in [-0.39, 0.29) is 31.3 Å². The predicted octanol–water partition coefficient (Wildman–Crippen LogP) is 14.5. The van der Waals surface area contributed by atoms with Crippen LogP contribution in [0.1, 0.15) is 233 Å². The van der Waals surface area contributed by atoms with Gasteiger partial charge < -0.3 is 20.3 Å². The van der Waals surface area contributed by atoms with E-state index < -0.39 is 18.2 Å². The molecule has 0 aromatic heterocycles. The summed E-state index contributed by atoms with van der Waals surface area (Å²) in [6.45, 7) is 6.33. The number of allylic oxidation sites excluding steroid dienone is 10. The molecule has 0 radical (unpaired) electrons. The van der Waals surface area contributed by atoms with Gasteiger partial charge in [-0.3, -0.25) is 9.59 Å². The minimum absolute atomic E-state index is 0.0390. The lowest BCUT2D eigenvalue weighted by Crippen LogP contribution is -2.46. The van der Waals surface area contributed by atoms with Gasteiger partial charge in [0, 0.05) is 6.42 Å². The van der Waals surface area contributed by atoms with Gasteiger partial charge in [0.25, 0.3) is 0 Å². The van der Waals surface area contributed by atoms with Gasteiger partial charge in [-0.1, -0.05) is 204 Å². The molecule has 336 valence electrons. The fourth-order valence-electron chi connectivity index (χ4n) is 7.14. The number of rotatable bonds is 43. The molecule has 0 aliphatic rings. The Labute approximate surface area is 358 Å². The minimum atomic E-state index is -0.803. The van der Waals surface area contributed by atoms with E-state index in [4.69, 9.17) is 4.74 Å². The number of nitrogens with one attached hydrogen (secondary N) is 1. The summed E-state index contributed by atoms with van der Waals surface area (Å²) < 4.78 is 5.87. The van der Waals surface area contributed by atoms with Crippen molar-refractivity contribution in [2.24, 2.45) is 0 Å². The molecule has 58 heavy (non-hydrogen) atoms. The highest BCUT2D eigenvalue weighted by atomic mass is 16.5. The highest BCUT2D eigenvalue weighted by Crippen LogP contribution is 2.17. The van der Waals surface area contributed by atoms with Gasteiger partial charge in [0.15, 0.2) is 0 Å². The standard InChI is InChI=1S/C52H93NO5/c1-4-7-10-13-16-19-22-25-27-28-31-34-37-40-43-48(58-52(57)45-42-39-36-33-30-26-23-20-17-14-11-8-5-2)46-51(56)53-49(47-54)50(55)44-41-38-35-32-29-24-21-18-15-12-9-6-3/h7,10,16,19,25-27,30,36,39,48-50,54-55H,4-6,8-9,11-15,17-18,20-24,28-29,31-35,37-38,40-47H2,1-3H3,(H,53,56)/b10-7+,19-16+,27-25+,30-26-,39-36+. The quantitative estimate of drug-likeness (QED) is 0.0324. The van der Waals surface area contributed by atoms with Gasteiger partial charge in [-0.05, 0) is 77.0 Å². The SMILES string of the molecule is CC/C=C/C/C=C/C/C=C/CCCCCCC(CC(=O)NC(CO)C(O)CCCCCCCCCCCCCC)OC(=O)CC/C=C/C/C=C\CCCCCCCC. The fraction of sp³-hybridized carbons (Fsp3) is 0.769. The molecule has 0 aliphatic carbocycles. The van der Waals surface area contributed by atoms with Crippen LogP contribution in [-0.4, -0.2) is 46.9 Å². The van der Waals surface area contributed by atoms with Gasteiger partial charge in [0.1, 0.15) is 6.10 Å². The maximum atomic E-state index is 13.2. The zero-order valence-corrected chi connectivity index (χ0v) is 38.2. The van der Waals surface area contributed by atoms with Crippen molar-refractivity contribution in [2.45, 2.75) is 251 Å². The molecule has 0 rings (SSSR count). The first-order chi connectivity index (χ1) is 28.5. The molecular formula is C52H93NO5. The number of ether oxygens (including phenoxy) is 1. The monoisotopic (exact) mass is 812 g/mol. The fourth-order valence-corrected chi connectivity index (χ4v) is 7.14. The van der Waals surface area contributed by atoms with E-state index in [9.17, 15) is 19.8 Å². The number of carbonyl (C=O) groups is 2. The topological polar surface area (TPSA) is 95.9 Å². The van der Waals surface area contributed by atoms with Crippen LogP contribution >= 0.6 is 0 Å². The van der Waals surface area contributed by atoms with Crippen molar-refractivity contribution in [3.8, 4) is 0 Å². The summed E-state index contributed by atoms with van der Waals surface area (Å²) >= 11 is 0. The minimum Gasteiger partial charge on any atom is -0.462 e. The second-order valence-corrected chi connectivity index (χ2v) is 16.5. The molecule has 0 heterocycles. The Hall–Kier alpha value is -2.44. The molecule has 0 saturated carbocycles. The van der Waals surface area contributed by atoms with E-state index >= 15 is 0 Å². The molecule has 3 N–H and O–H groups in total. The summed E-state index contributed by atoms with van der Waals surface area (Å²) in [5, 5.41) is 23.7. The van der Waals surface area contributed by atoms with Crippen molar-refractivity contribution in [1.29, 1.82) is 0 Å². The van der Waals surface area contributed by atoms with Gasteiger partial charge in [-0.15, -0.1) is 0 Å². The molecule has 0 aliphatic heterocycles. The number of unbranched alkanes of at least 4 members (excludes halogenated alkanes) is 21. The van der Waals surface area contributed by atoms with Crippen molar-refractivity contribution < 1.29 is 24.5 Å². The molecule has 0 spiro atoms. The molecule has 0 fully saturated rings. The first-order valence-corrected chi connectivity index (χ1v) is 24.5.